The summed E-state index contributed by atoms with van der Waals surface area (Å²) in [4.78, 5) is 35.5. The predicted molar refractivity (Wildman–Crippen MR) is 106 cm³/mol. The number of carbonyl (C=O) groups is 3. The first kappa shape index (κ1) is 22.9. The van der Waals surface area contributed by atoms with Crippen LogP contribution in [0.5, 0.6) is 0 Å². The number of hydrogen-bond acceptors (Lipinski definition) is 7. The molecule has 9 heteroatoms. The first-order valence-corrected chi connectivity index (χ1v) is 9.23. The van der Waals surface area contributed by atoms with Gasteiger partial charge in [0.1, 0.15) is 12.7 Å². The predicted octanol–water partition coefficient (Wildman–Crippen LogP) is 1.13. The zero-order chi connectivity index (χ0) is 21.8. The number of ketones is 1. The normalized spacial score (nSPS) is 12.3. The average molecular weight is 416 g/mol. The molecule has 9 nitrogen and oxygen atoms in total. The Bertz CT molecular complexity index is 815. The molecule has 160 valence electrons. The lowest BCUT2D eigenvalue weighted by Gasteiger charge is -2.21. The van der Waals surface area contributed by atoms with Crippen LogP contribution in [-0.2, 0) is 27.4 Å². The van der Waals surface area contributed by atoms with Gasteiger partial charge in [0.05, 0.1) is 12.6 Å². The van der Waals surface area contributed by atoms with Gasteiger partial charge in [-0.2, -0.15) is 0 Å². The van der Waals surface area contributed by atoms with Crippen molar-refractivity contribution in [1.82, 2.24) is 10.6 Å². The average Bonchev–Trinajstić information content (AvgIpc) is 2.79. The molecule has 0 aliphatic heterocycles. The van der Waals surface area contributed by atoms with Crippen LogP contribution in [0.2, 0.25) is 0 Å². The van der Waals surface area contributed by atoms with Crippen molar-refractivity contribution in [3.8, 4) is 0 Å². The van der Waals surface area contributed by atoms with Crippen molar-refractivity contribution in [3.63, 3.8) is 0 Å². The maximum atomic E-state index is 12.0. The van der Waals surface area contributed by atoms with Gasteiger partial charge in [-0.1, -0.05) is 60.7 Å². The van der Waals surface area contributed by atoms with Crippen molar-refractivity contribution in [2.24, 2.45) is 0 Å². The number of nitrogens with one attached hydrogen (secondary N) is 2. The van der Waals surface area contributed by atoms with E-state index in [4.69, 9.17) is 9.47 Å². The number of rotatable bonds is 10. The minimum Gasteiger partial charge on any atom is -0.445 e. The monoisotopic (exact) mass is 416 g/mol. The van der Waals surface area contributed by atoms with Crippen LogP contribution in [0.15, 0.2) is 60.7 Å². The van der Waals surface area contributed by atoms with E-state index in [0.29, 0.717) is 0 Å². The third kappa shape index (κ3) is 7.90. The van der Waals surface area contributed by atoms with Crippen molar-refractivity contribution in [2.45, 2.75) is 25.3 Å². The second-order valence-corrected chi connectivity index (χ2v) is 6.32. The van der Waals surface area contributed by atoms with E-state index in [0.717, 1.165) is 11.1 Å². The molecule has 0 heterocycles. The molecule has 0 fully saturated rings. The van der Waals surface area contributed by atoms with Crippen LogP contribution in [-0.4, -0.2) is 53.5 Å². The maximum Gasteiger partial charge on any atom is 0.407 e. The van der Waals surface area contributed by atoms with Gasteiger partial charge >= 0.3 is 12.2 Å². The first-order chi connectivity index (χ1) is 14.5. The third-order valence-electron chi connectivity index (χ3n) is 4.05. The summed E-state index contributed by atoms with van der Waals surface area (Å²) in [7, 11) is 0. The van der Waals surface area contributed by atoms with Gasteiger partial charge in [0.25, 0.3) is 0 Å². The first-order valence-electron chi connectivity index (χ1n) is 9.23. The van der Waals surface area contributed by atoms with Crippen LogP contribution in [0.3, 0.4) is 0 Å². The van der Waals surface area contributed by atoms with E-state index in [2.05, 4.69) is 10.6 Å². The van der Waals surface area contributed by atoms with Gasteiger partial charge in [0.15, 0.2) is 6.61 Å². The van der Waals surface area contributed by atoms with Crippen LogP contribution >= 0.6 is 0 Å². The summed E-state index contributed by atoms with van der Waals surface area (Å²) in [6, 6.07) is 16.7. The number of carbonyl (C=O) groups excluding carboxylic acids is 3. The van der Waals surface area contributed by atoms with E-state index >= 15 is 0 Å². The molecule has 2 rings (SSSR count). The fourth-order valence-electron chi connectivity index (χ4n) is 2.41. The van der Waals surface area contributed by atoms with Gasteiger partial charge in [-0.05, 0) is 11.1 Å². The topological polar surface area (TPSA) is 134 Å². The highest BCUT2D eigenvalue weighted by Gasteiger charge is 2.28. The molecule has 2 amide bonds. The second kappa shape index (κ2) is 12.2. The zero-order valence-electron chi connectivity index (χ0n) is 16.2. The summed E-state index contributed by atoms with van der Waals surface area (Å²) in [6.07, 6.45) is -3.53. The van der Waals surface area contributed by atoms with Crippen LogP contribution in [0.1, 0.15) is 11.1 Å². The lowest BCUT2D eigenvalue weighted by molar-refractivity contribution is -0.132. The minimum atomic E-state index is -1.78. The third-order valence-corrected chi connectivity index (χ3v) is 4.05. The Morgan fingerprint density at radius 3 is 2.07 bits per heavy atom. The molecule has 30 heavy (non-hydrogen) atoms. The highest BCUT2D eigenvalue weighted by Crippen LogP contribution is 2.03. The molecule has 0 bridgehead atoms. The fourth-order valence-corrected chi connectivity index (χ4v) is 2.41. The molecule has 0 saturated heterocycles. The Morgan fingerprint density at radius 2 is 1.47 bits per heavy atom. The van der Waals surface area contributed by atoms with Crippen LogP contribution < -0.4 is 10.6 Å². The van der Waals surface area contributed by atoms with E-state index in [1.165, 1.54) is 0 Å². The van der Waals surface area contributed by atoms with Gasteiger partial charge in [-0.15, -0.1) is 0 Å². The van der Waals surface area contributed by atoms with Crippen molar-refractivity contribution in [1.29, 1.82) is 0 Å². The molecule has 0 aliphatic rings. The van der Waals surface area contributed by atoms with Gasteiger partial charge in [-0.25, -0.2) is 9.59 Å². The molecule has 0 radical (unpaired) electrons. The number of Topliss-reactive ketones (excluding diaryl/α,β-unsaturated/α-hetero) is 1. The highest BCUT2D eigenvalue weighted by atomic mass is 16.6. The summed E-state index contributed by atoms with van der Waals surface area (Å²) in [6.45, 7) is -1.24. The SMILES string of the molecule is O=C(NCc1ccccc1)OCC(=O)[C@H](O)[C@H](CO)NC(=O)OCc1ccccc1. The lowest BCUT2D eigenvalue weighted by Crippen LogP contribution is -2.50. The Morgan fingerprint density at radius 1 is 0.867 bits per heavy atom. The number of benzene rings is 2. The van der Waals surface area contributed by atoms with Crippen LogP contribution in [0.4, 0.5) is 9.59 Å². The summed E-state index contributed by atoms with van der Waals surface area (Å²) < 4.78 is 9.75. The molecule has 4 N–H and O–H groups in total. The maximum absolute atomic E-state index is 12.0. The summed E-state index contributed by atoms with van der Waals surface area (Å²) in [5.41, 5.74) is 1.60. The number of aliphatic hydroxyl groups excluding tert-OH is 2. The molecule has 0 aliphatic carbocycles. The standard InChI is InChI=1S/C21H24N2O7/c24-12-17(23-21(28)29-13-16-9-5-2-6-10-16)19(26)18(25)14-30-20(27)22-11-15-7-3-1-4-8-15/h1-10,17,19,24,26H,11-14H2,(H,22,27)(H,23,28)/t17-,19+/m0/s1. The zero-order valence-corrected chi connectivity index (χ0v) is 16.2. The summed E-state index contributed by atoms with van der Waals surface area (Å²) in [5, 5.41) is 24.1. The van der Waals surface area contributed by atoms with Crippen molar-refractivity contribution < 1.29 is 34.1 Å². The molecule has 2 aromatic carbocycles. The quantitative estimate of drug-likeness (QED) is 0.456. The number of aliphatic hydroxyl groups is 2. The molecule has 2 atom stereocenters. The molecule has 0 spiro atoms. The molecule has 2 aromatic rings. The minimum absolute atomic E-state index is 0.0143. The summed E-state index contributed by atoms with van der Waals surface area (Å²) in [5.74, 6) is -0.882. The van der Waals surface area contributed by atoms with Crippen LogP contribution in [0.25, 0.3) is 0 Å². The Balaban J connectivity index is 1.72. The van der Waals surface area contributed by atoms with E-state index in [1.54, 1.807) is 24.3 Å². The number of amides is 2. The molecule has 0 saturated carbocycles. The van der Waals surface area contributed by atoms with Gasteiger partial charge in [-0.3, -0.25) is 4.79 Å². The highest BCUT2D eigenvalue weighted by molar-refractivity contribution is 5.87. The van der Waals surface area contributed by atoms with Gasteiger partial charge in [0.2, 0.25) is 5.78 Å². The van der Waals surface area contributed by atoms with E-state index < -0.39 is 43.3 Å². The molecule has 0 unspecified atom stereocenters. The van der Waals surface area contributed by atoms with Gasteiger partial charge < -0.3 is 30.3 Å². The largest absolute Gasteiger partial charge is 0.445 e. The molecular formula is C21H24N2O7. The Kier molecular flexibility index (Phi) is 9.29. The van der Waals surface area contributed by atoms with Crippen LogP contribution in [0, 0.1) is 0 Å². The Hall–Kier alpha value is -3.43. The second-order valence-electron chi connectivity index (χ2n) is 6.32. The molecule has 0 aromatic heterocycles. The van der Waals surface area contributed by atoms with Crippen molar-refractivity contribution >= 4 is 18.0 Å². The Labute approximate surface area is 173 Å². The van der Waals surface area contributed by atoms with E-state index in [9.17, 15) is 24.6 Å². The lowest BCUT2D eigenvalue weighted by atomic mass is 10.1. The summed E-state index contributed by atoms with van der Waals surface area (Å²) >= 11 is 0. The smallest absolute Gasteiger partial charge is 0.407 e. The number of hydrogen-bond donors (Lipinski definition) is 4. The van der Waals surface area contributed by atoms with E-state index in [-0.39, 0.29) is 13.2 Å². The van der Waals surface area contributed by atoms with E-state index in [1.807, 2.05) is 36.4 Å². The van der Waals surface area contributed by atoms with Crippen molar-refractivity contribution in [3.05, 3.63) is 71.8 Å². The fraction of sp³-hybridized carbons (Fsp3) is 0.286. The van der Waals surface area contributed by atoms with Crippen molar-refractivity contribution in [2.75, 3.05) is 13.2 Å². The molecular weight excluding hydrogens is 392 g/mol. The number of alkyl carbamates (subject to hydrolysis) is 2. The number of ether oxygens (including phenoxy) is 2. The van der Waals surface area contributed by atoms with Gasteiger partial charge in [0, 0.05) is 6.54 Å².